The molecular formula is C14H8Br4N2O2. The van der Waals surface area contributed by atoms with Crippen molar-refractivity contribution < 1.29 is 9.90 Å². The number of carbonyl (C=O) groups excluding carboxylic acids is 1. The molecule has 0 spiro atoms. The first-order valence-electron chi connectivity index (χ1n) is 5.85. The second-order valence-corrected chi connectivity index (χ2v) is 7.54. The van der Waals surface area contributed by atoms with E-state index in [9.17, 15) is 9.90 Å². The van der Waals surface area contributed by atoms with Gasteiger partial charge in [0.05, 0.1) is 15.2 Å². The highest BCUT2D eigenvalue weighted by Crippen LogP contribution is 2.38. The van der Waals surface area contributed by atoms with Crippen LogP contribution in [0.2, 0.25) is 0 Å². The summed E-state index contributed by atoms with van der Waals surface area (Å²) in [4.78, 5) is 11.9. The number of halogens is 4. The Hall–Kier alpha value is -0.700. The van der Waals surface area contributed by atoms with Crippen LogP contribution in [0.3, 0.4) is 0 Å². The van der Waals surface area contributed by atoms with Crippen LogP contribution in [0, 0.1) is 0 Å². The molecule has 0 fully saturated rings. The van der Waals surface area contributed by atoms with Crippen molar-refractivity contribution in [1.82, 2.24) is 5.43 Å². The van der Waals surface area contributed by atoms with Crippen molar-refractivity contribution in [3.63, 3.8) is 0 Å². The van der Waals surface area contributed by atoms with Gasteiger partial charge in [-0.1, -0.05) is 31.9 Å². The number of aromatic hydroxyl groups is 1. The standard InChI is InChI=1S/C14H8Br4N2O2/c15-8-3-1-7(2-4-8)14(22)20-19-6-9-10(16)5-11(17)13(21)12(9)18/h1-6,21H,(H,20,22). The Labute approximate surface area is 160 Å². The number of amides is 1. The zero-order valence-corrected chi connectivity index (χ0v) is 17.1. The Morgan fingerprint density at radius 1 is 1.09 bits per heavy atom. The largest absolute Gasteiger partial charge is 0.506 e. The number of phenols is 1. The molecule has 0 aliphatic heterocycles. The summed E-state index contributed by atoms with van der Waals surface area (Å²) in [5.41, 5.74) is 3.54. The Bertz CT molecular complexity index is 745. The molecule has 0 aliphatic carbocycles. The van der Waals surface area contributed by atoms with E-state index in [1.165, 1.54) is 6.21 Å². The molecule has 22 heavy (non-hydrogen) atoms. The van der Waals surface area contributed by atoms with Crippen LogP contribution in [0.4, 0.5) is 0 Å². The number of carbonyl (C=O) groups is 1. The Morgan fingerprint density at radius 2 is 1.73 bits per heavy atom. The number of benzene rings is 2. The number of hydrogen-bond acceptors (Lipinski definition) is 3. The highest BCUT2D eigenvalue weighted by atomic mass is 79.9. The van der Waals surface area contributed by atoms with Gasteiger partial charge in [-0.15, -0.1) is 0 Å². The average molecular weight is 556 g/mol. The van der Waals surface area contributed by atoms with Gasteiger partial charge in [0.2, 0.25) is 0 Å². The van der Waals surface area contributed by atoms with Crippen LogP contribution in [0.15, 0.2) is 53.3 Å². The number of hydrogen-bond donors (Lipinski definition) is 2. The molecule has 2 rings (SSSR count). The highest BCUT2D eigenvalue weighted by Gasteiger charge is 2.12. The maximum atomic E-state index is 11.9. The van der Waals surface area contributed by atoms with Crippen LogP contribution < -0.4 is 5.43 Å². The predicted molar refractivity (Wildman–Crippen MR) is 100 cm³/mol. The Morgan fingerprint density at radius 3 is 2.36 bits per heavy atom. The monoisotopic (exact) mass is 552 g/mol. The summed E-state index contributed by atoms with van der Waals surface area (Å²) in [6.07, 6.45) is 1.44. The molecule has 4 nitrogen and oxygen atoms in total. The van der Waals surface area contributed by atoms with E-state index in [0.717, 1.165) is 4.47 Å². The lowest BCUT2D eigenvalue weighted by atomic mass is 10.2. The minimum absolute atomic E-state index is 0.0592. The number of nitrogens with one attached hydrogen (secondary N) is 1. The fourth-order valence-corrected chi connectivity index (χ4v) is 4.12. The van der Waals surface area contributed by atoms with E-state index in [1.54, 1.807) is 30.3 Å². The van der Waals surface area contributed by atoms with Crippen molar-refractivity contribution >= 4 is 75.8 Å². The molecule has 114 valence electrons. The molecule has 0 heterocycles. The van der Waals surface area contributed by atoms with Crippen molar-refractivity contribution in [2.45, 2.75) is 0 Å². The van der Waals surface area contributed by atoms with Gasteiger partial charge in [-0.05, 0) is 62.2 Å². The van der Waals surface area contributed by atoms with Crippen molar-refractivity contribution in [3.05, 3.63) is 59.3 Å². The fraction of sp³-hybridized carbons (Fsp3) is 0. The van der Waals surface area contributed by atoms with Crippen LogP contribution in [-0.4, -0.2) is 17.2 Å². The first-order valence-corrected chi connectivity index (χ1v) is 9.02. The molecule has 0 saturated heterocycles. The number of phenolic OH excluding ortho intramolecular Hbond substituents is 1. The molecule has 2 aromatic carbocycles. The average Bonchev–Trinajstić information content (AvgIpc) is 2.49. The molecular weight excluding hydrogens is 548 g/mol. The quantitative estimate of drug-likeness (QED) is 0.404. The molecule has 0 aliphatic rings. The second-order valence-electron chi connectivity index (χ2n) is 4.12. The number of rotatable bonds is 3. The molecule has 8 heteroatoms. The molecule has 0 atom stereocenters. The Balaban J connectivity index is 2.15. The minimum Gasteiger partial charge on any atom is -0.506 e. The van der Waals surface area contributed by atoms with Gasteiger partial charge < -0.3 is 5.11 Å². The molecule has 2 N–H and O–H groups in total. The zero-order chi connectivity index (χ0) is 16.3. The van der Waals surface area contributed by atoms with Gasteiger partial charge >= 0.3 is 0 Å². The third-order valence-electron chi connectivity index (χ3n) is 2.65. The molecule has 0 aromatic heterocycles. The van der Waals surface area contributed by atoms with E-state index in [4.69, 9.17) is 0 Å². The molecule has 0 unspecified atom stereocenters. The first-order chi connectivity index (χ1) is 10.4. The topological polar surface area (TPSA) is 61.7 Å². The van der Waals surface area contributed by atoms with Crippen molar-refractivity contribution in [1.29, 1.82) is 0 Å². The van der Waals surface area contributed by atoms with Gasteiger partial charge in [0, 0.05) is 20.1 Å². The summed E-state index contributed by atoms with van der Waals surface area (Å²) < 4.78 is 2.62. The van der Waals surface area contributed by atoms with Crippen LogP contribution >= 0.6 is 63.7 Å². The molecule has 0 saturated carbocycles. The summed E-state index contributed by atoms with van der Waals surface area (Å²) >= 11 is 13.2. The third kappa shape index (κ3) is 4.18. The van der Waals surface area contributed by atoms with E-state index < -0.39 is 0 Å². The normalized spacial score (nSPS) is 10.9. The van der Waals surface area contributed by atoms with E-state index in [1.807, 2.05) is 0 Å². The number of hydrazone groups is 1. The summed E-state index contributed by atoms with van der Waals surface area (Å²) in [6, 6.07) is 8.62. The van der Waals surface area contributed by atoms with Crippen molar-refractivity contribution in [3.8, 4) is 5.75 Å². The van der Waals surface area contributed by atoms with Gasteiger partial charge in [0.1, 0.15) is 5.75 Å². The van der Waals surface area contributed by atoms with Gasteiger partial charge in [-0.25, -0.2) is 5.43 Å². The van der Waals surface area contributed by atoms with Gasteiger partial charge in [0.15, 0.2) is 0 Å². The van der Waals surface area contributed by atoms with Gasteiger partial charge in [-0.2, -0.15) is 5.10 Å². The molecule has 2 aromatic rings. The summed E-state index contributed by atoms with van der Waals surface area (Å²) in [5.74, 6) is -0.263. The highest BCUT2D eigenvalue weighted by molar-refractivity contribution is 9.11. The first kappa shape index (κ1) is 17.7. The maximum Gasteiger partial charge on any atom is 0.271 e. The lowest BCUT2D eigenvalue weighted by molar-refractivity contribution is 0.0955. The van der Waals surface area contributed by atoms with Crippen LogP contribution in [0.25, 0.3) is 0 Å². The minimum atomic E-state index is -0.322. The van der Waals surface area contributed by atoms with E-state index in [-0.39, 0.29) is 11.7 Å². The Kier molecular flexibility index (Phi) is 6.19. The fourth-order valence-electron chi connectivity index (χ4n) is 1.53. The molecule has 0 radical (unpaired) electrons. The van der Waals surface area contributed by atoms with Crippen LogP contribution in [0.5, 0.6) is 5.75 Å². The number of nitrogens with zero attached hydrogens (tertiary/aromatic N) is 1. The summed E-state index contributed by atoms with van der Waals surface area (Å²) in [6.45, 7) is 0. The smallest absolute Gasteiger partial charge is 0.271 e. The second kappa shape index (κ2) is 7.72. The summed E-state index contributed by atoms with van der Waals surface area (Å²) in [7, 11) is 0. The van der Waals surface area contributed by atoms with E-state index in [2.05, 4.69) is 74.2 Å². The van der Waals surface area contributed by atoms with Gasteiger partial charge in [-0.3, -0.25) is 4.79 Å². The lowest BCUT2D eigenvalue weighted by Crippen LogP contribution is -2.17. The zero-order valence-electron chi connectivity index (χ0n) is 10.8. The maximum absolute atomic E-state index is 11.9. The van der Waals surface area contributed by atoms with Crippen molar-refractivity contribution in [2.75, 3.05) is 0 Å². The van der Waals surface area contributed by atoms with E-state index in [0.29, 0.717) is 24.5 Å². The third-order valence-corrected chi connectivity index (χ3v) is 5.24. The lowest BCUT2D eigenvalue weighted by Gasteiger charge is -2.06. The molecule has 1 amide bonds. The van der Waals surface area contributed by atoms with Crippen molar-refractivity contribution in [2.24, 2.45) is 5.10 Å². The van der Waals surface area contributed by atoms with E-state index >= 15 is 0 Å². The molecule has 0 bridgehead atoms. The van der Waals surface area contributed by atoms with Gasteiger partial charge in [0.25, 0.3) is 5.91 Å². The summed E-state index contributed by atoms with van der Waals surface area (Å²) in [5, 5.41) is 13.8. The predicted octanol–water partition coefficient (Wildman–Crippen LogP) is 5.21. The van der Waals surface area contributed by atoms with Crippen LogP contribution in [-0.2, 0) is 0 Å². The SMILES string of the molecule is O=C(NN=Cc1c(Br)cc(Br)c(O)c1Br)c1ccc(Br)cc1. The van der Waals surface area contributed by atoms with Crippen LogP contribution in [0.1, 0.15) is 15.9 Å².